The van der Waals surface area contributed by atoms with Crippen LogP contribution in [0.1, 0.15) is 1.43 Å². The first-order valence-electron chi connectivity index (χ1n) is 1.34. The summed E-state index contributed by atoms with van der Waals surface area (Å²) < 4.78 is 0. The van der Waals surface area contributed by atoms with Gasteiger partial charge < -0.3 is 6.33 Å². The molecule has 36 valence electrons. The topological polar surface area (TPSA) is 3.24 Å². The Kier molecular flexibility index (Phi) is 24.9. The minimum atomic E-state index is 0. The van der Waals surface area contributed by atoms with Crippen molar-refractivity contribution in [2.75, 3.05) is 21.1 Å². The molecule has 0 aliphatic heterocycles. The quantitative estimate of drug-likeness (QED) is 0.325. The van der Waals surface area contributed by atoms with Crippen molar-refractivity contribution in [3.8, 4) is 0 Å². The molecule has 0 aromatic heterocycles. The van der Waals surface area contributed by atoms with Crippen molar-refractivity contribution < 1.29 is 31.0 Å². The predicted octanol–water partition coefficient (Wildman–Crippen LogP) is -2.28. The van der Waals surface area contributed by atoms with E-state index in [0.29, 0.717) is 0 Å². The van der Waals surface area contributed by atoms with E-state index in [0.717, 1.165) is 0 Å². The first kappa shape index (κ1) is 15.7. The largest absolute Gasteiger partial charge is 1.00 e. The Morgan fingerprint density at radius 3 is 1.17 bits per heavy atom. The Balaban J connectivity index is -0.0000000150. The monoisotopic (exact) mass is 119 g/mol. The SMILES string of the molecule is CN(C)C.Cl.[H-].[Na+]. The molecule has 3 heteroatoms. The fourth-order valence-corrected chi connectivity index (χ4v) is 0. The smallest absolute Gasteiger partial charge is 1.00 e. The van der Waals surface area contributed by atoms with E-state index in [4.69, 9.17) is 0 Å². The third kappa shape index (κ3) is 60.7. The standard InChI is InChI=1S/C3H9N.ClH.Na.H/c1-4(2)3;;;/h1-3H3;1H;;/q;;+1;-1. The molecule has 0 atom stereocenters. The fourth-order valence-electron chi connectivity index (χ4n) is 0. The number of hydrogen-bond donors (Lipinski definition) is 0. The van der Waals surface area contributed by atoms with E-state index in [1.165, 1.54) is 0 Å². The van der Waals surface area contributed by atoms with Crippen LogP contribution in [-0.4, -0.2) is 26.0 Å². The maximum atomic E-state index is 2.00. The molecule has 0 bridgehead atoms. The van der Waals surface area contributed by atoms with Crippen molar-refractivity contribution in [3.63, 3.8) is 0 Å². The third-order valence-electron chi connectivity index (χ3n) is 0. The van der Waals surface area contributed by atoms with Gasteiger partial charge in [0.15, 0.2) is 0 Å². The minimum absolute atomic E-state index is 0. The summed E-state index contributed by atoms with van der Waals surface area (Å²) in [6, 6.07) is 0. The van der Waals surface area contributed by atoms with Gasteiger partial charge in [-0.1, -0.05) is 0 Å². The minimum Gasteiger partial charge on any atom is -1.00 e. The first-order valence-corrected chi connectivity index (χ1v) is 1.34. The number of nitrogens with zero attached hydrogens (tertiary/aromatic N) is 1. The Hall–Kier alpha value is 1.25. The fraction of sp³-hybridized carbons (Fsp3) is 1.00. The summed E-state index contributed by atoms with van der Waals surface area (Å²) in [6.07, 6.45) is 0. The molecule has 1 nitrogen and oxygen atoms in total. The van der Waals surface area contributed by atoms with E-state index >= 15 is 0 Å². The first-order chi connectivity index (χ1) is 1.73. The molecule has 0 saturated carbocycles. The normalized spacial score (nSPS) is 6.00. The molecule has 0 aliphatic rings. The molecule has 0 aromatic rings. The van der Waals surface area contributed by atoms with Gasteiger partial charge in [0, 0.05) is 0 Å². The number of hydrogen-bond acceptors (Lipinski definition) is 1. The summed E-state index contributed by atoms with van der Waals surface area (Å²) in [6.45, 7) is 0. The van der Waals surface area contributed by atoms with Crippen LogP contribution in [0.2, 0.25) is 0 Å². The van der Waals surface area contributed by atoms with E-state index in [-0.39, 0.29) is 43.4 Å². The van der Waals surface area contributed by atoms with E-state index < -0.39 is 0 Å². The van der Waals surface area contributed by atoms with Crippen molar-refractivity contribution in [1.29, 1.82) is 0 Å². The van der Waals surface area contributed by atoms with Gasteiger partial charge >= 0.3 is 29.6 Å². The van der Waals surface area contributed by atoms with Gasteiger partial charge in [0.25, 0.3) is 0 Å². The van der Waals surface area contributed by atoms with Crippen molar-refractivity contribution in [2.24, 2.45) is 0 Å². The zero-order valence-corrected chi connectivity index (χ0v) is 7.67. The molecule has 0 saturated heterocycles. The van der Waals surface area contributed by atoms with Crippen LogP contribution in [0.5, 0.6) is 0 Å². The van der Waals surface area contributed by atoms with E-state index in [1.807, 2.05) is 26.0 Å². The zero-order valence-electron chi connectivity index (χ0n) is 5.86. The third-order valence-corrected chi connectivity index (χ3v) is 0. The van der Waals surface area contributed by atoms with Gasteiger partial charge in [0.1, 0.15) is 0 Å². The van der Waals surface area contributed by atoms with Gasteiger partial charge in [0.05, 0.1) is 0 Å². The zero-order chi connectivity index (χ0) is 3.58. The van der Waals surface area contributed by atoms with Crippen molar-refractivity contribution in [3.05, 3.63) is 0 Å². The van der Waals surface area contributed by atoms with Gasteiger partial charge in [-0.2, -0.15) is 0 Å². The van der Waals surface area contributed by atoms with E-state index in [2.05, 4.69) is 0 Å². The molecule has 0 radical (unpaired) electrons. The van der Waals surface area contributed by atoms with Crippen molar-refractivity contribution >= 4 is 12.4 Å². The Bertz CT molecular complexity index is 19.7. The predicted molar refractivity (Wildman–Crippen MR) is 28.0 cm³/mol. The van der Waals surface area contributed by atoms with Crippen molar-refractivity contribution in [2.45, 2.75) is 0 Å². The second kappa shape index (κ2) is 9.54. The Morgan fingerprint density at radius 2 is 1.17 bits per heavy atom. The van der Waals surface area contributed by atoms with Crippen LogP contribution in [0.25, 0.3) is 0 Å². The van der Waals surface area contributed by atoms with Gasteiger partial charge in [-0.15, -0.1) is 12.4 Å². The average Bonchev–Trinajstić information content (AvgIpc) is 0.811. The summed E-state index contributed by atoms with van der Waals surface area (Å²) in [5, 5.41) is 0. The van der Waals surface area contributed by atoms with E-state index in [9.17, 15) is 0 Å². The van der Waals surface area contributed by atoms with Crippen LogP contribution in [0.4, 0.5) is 0 Å². The summed E-state index contributed by atoms with van der Waals surface area (Å²) in [7, 11) is 6.00. The number of halogens is 1. The van der Waals surface area contributed by atoms with Crippen LogP contribution in [-0.2, 0) is 0 Å². The number of rotatable bonds is 0. The molecular formula is C3H11ClNNa. The molecule has 0 heterocycles. The van der Waals surface area contributed by atoms with Crippen LogP contribution in [0.15, 0.2) is 0 Å². The molecule has 0 rings (SSSR count). The maximum absolute atomic E-state index is 2.00. The van der Waals surface area contributed by atoms with Crippen molar-refractivity contribution in [1.82, 2.24) is 4.90 Å². The van der Waals surface area contributed by atoms with Crippen LogP contribution < -0.4 is 29.6 Å². The summed E-state index contributed by atoms with van der Waals surface area (Å²) in [5.41, 5.74) is 0. The molecule has 6 heavy (non-hydrogen) atoms. The van der Waals surface area contributed by atoms with Gasteiger partial charge in [-0.3, -0.25) is 0 Å². The molecule has 0 fully saturated rings. The van der Waals surface area contributed by atoms with Gasteiger partial charge in [-0.05, 0) is 21.1 Å². The van der Waals surface area contributed by atoms with Crippen LogP contribution in [0.3, 0.4) is 0 Å². The summed E-state index contributed by atoms with van der Waals surface area (Å²) in [5.74, 6) is 0. The maximum Gasteiger partial charge on any atom is 1.00 e. The molecule has 0 aliphatic carbocycles. The molecular weight excluding hydrogens is 108 g/mol. The molecule has 0 aromatic carbocycles. The molecule has 0 spiro atoms. The Morgan fingerprint density at radius 1 is 1.17 bits per heavy atom. The Labute approximate surface area is 69.3 Å². The summed E-state index contributed by atoms with van der Waals surface area (Å²) in [4.78, 5) is 2.00. The average molecular weight is 120 g/mol. The second-order valence-electron chi connectivity index (χ2n) is 1.34. The molecule has 0 N–H and O–H groups in total. The van der Waals surface area contributed by atoms with Crippen LogP contribution in [0, 0.1) is 0 Å². The van der Waals surface area contributed by atoms with Crippen LogP contribution >= 0.6 is 12.4 Å². The van der Waals surface area contributed by atoms with E-state index in [1.54, 1.807) is 0 Å². The molecule has 0 unspecified atom stereocenters. The summed E-state index contributed by atoms with van der Waals surface area (Å²) >= 11 is 0. The molecule has 0 amide bonds. The van der Waals surface area contributed by atoms with Gasteiger partial charge in [0.2, 0.25) is 0 Å². The second-order valence-corrected chi connectivity index (χ2v) is 1.34. The van der Waals surface area contributed by atoms with Gasteiger partial charge in [-0.25, -0.2) is 0 Å².